The molecule has 8 heteroatoms. The van der Waals surface area contributed by atoms with Crippen molar-refractivity contribution < 1.29 is 17.9 Å². The van der Waals surface area contributed by atoms with Crippen molar-refractivity contribution >= 4 is 15.9 Å². The van der Waals surface area contributed by atoms with Crippen LogP contribution in [0, 0.1) is 0 Å². The zero-order chi connectivity index (χ0) is 16.0. The summed E-state index contributed by atoms with van der Waals surface area (Å²) in [7, 11) is -3.47. The Labute approximate surface area is 124 Å². The third kappa shape index (κ3) is 3.31. The Morgan fingerprint density at radius 3 is 2.57 bits per heavy atom. The van der Waals surface area contributed by atoms with Crippen LogP contribution in [0.15, 0.2) is 11.4 Å². The van der Waals surface area contributed by atoms with Gasteiger partial charge in [0.1, 0.15) is 5.60 Å². The SMILES string of the molecule is CC1c2cnc(S(C)(=O)=O)nc2CN1C(=O)OC(C)(C)C. The number of aromatic nitrogens is 2. The highest BCUT2D eigenvalue weighted by Crippen LogP contribution is 2.33. The van der Waals surface area contributed by atoms with Gasteiger partial charge in [-0.25, -0.2) is 23.2 Å². The van der Waals surface area contributed by atoms with E-state index in [4.69, 9.17) is 4.74 Å². The molecule has 0 N–H and O–H groups in total. The zero-order valence-electron chi connectivity index (χ0n) is 12.7. The van der Waals surface area contributed by atoms with Gasteiger partial charge in [0.2, 0.25) is 15.0 Å². The minimum Gasteiger partial charge on any atom is -0.444 e. The number of carbonyl (C=O) groups is 1. The molecule has 0 saturated carbocycles. The molecular weight excluding hydrogens is 294 g/mol. The first kappa shape index (κ1) is 15.7. The van der Waals surface area contributed by atoms with E-state index in [1.807, 2.05) is 6.92 Å². The Morgan fingerprint density at radius 1 is 1.43 bits per heavy atom. The molecule has 1 unspecified atom stereocenters. The number of rotatable bonds is 1. The third-order valence-corrected chi connectivity index (χ3v) is 3.94. The molecular formula is C13H19N3O4S. The van der Waals surface area contributed by atoms with Gasteiger partial charge in [-0.1, -0.05) is 0 Å². The van der Waals surface area contributed by atoms with Crippen LogP contribution in [0.4, 0.5) is 4.79 Å². The number of hydrogen-bond acceptors (Lipinski definition) is 6. The molecule has 1 amide bonds. The molecule has 1 aliphatic heterocycles. The predicted octanol–water partition coefficient (Wildman–Crippen LogP) is 1.69. The molecule has 1 aromatic rings. The van der Waals surface area contributed by atoms with Gasteiger partial charge >= 0.3 is 6.09 Å². The second kappa shape index (κ2) is 4.94. The van der Waals surface area contributed by atoms with E-state index in [0.717, 1.165) is 11.8 Å². The van der Waals surface area contributed by atoms with Gasteiger partial charge in [0.15, 0.2) is 0 Å². The molecule has 7 nitrogen and oxygen atoms in total. The molecule has 1 aliphatic rings. The molecule has 2 rings (SSSR count). The highest BCUT2D eigenvalue weighted by atomic mass is 32.2. The van der Waals surface area contributed by atoms with E-state index >= 15 is 0 Å². The van der Waals surface area contributed by atoms with Crippen LogP contribution in [0.3, 0.4) is 0 Å². The molecule has 0 radical (unpaired) electrons. The summed E-state index contributed by atoms with van der Waals surface area (Å²) in [6.45, 7) is 7.43. The van der Waals surface area contributed by atoms with E-state index < -0.39 is 21.5 Å². The molecule has 0 bridgehead atoms. The van der Waals surface area contributed by atoms with Gasteiger partial charge in [-0.05, 0) is 27.7 Å². The number of amides is 1. The Kier molecular flexibility index (Phi) is 3.69. The molecule has 1 atom stereocenters. The smallest absolute Gasteiger partial charge is 0.411 e. The minimum atomic E-state index is -3.47. The monoisotopic (exact) mass is 313 g/mol. The van der Waals surface area contributed by atoms with Crippen molar-refractivity contribution in [3.8, 4) is 0 Å². The van der Waals surface area contributed by atoms with Crippen LogP contribution in [0.5, 0.6) is 0 Å². The van der Waals surface area contributed by atoms with Gasteiger partial charge in [0.25, 0.3) is 0 Å². The molecule has 2 heterocycles. The van der Waals surface area contributed by atoms with Crippen LogP contribution in [-0.2, 0) is 21.1 Å². The summed E-state index contributed by atoms with van der Waals surface area (Å²) in [5.74, 6) is 0. The fraction of sp³-hybridized carbons (Fsp3) is 0.615. The summed E-state index contributed by atoms with van der Waals surface area (Å²) >= 11 is 0. The Balaban J connectivity index is 2.28. The third-order valence-electron chi connectivity index (χ3n) is 3.08. The lowest BCUT2D eigenvalue weighted by molar-refractivity contribution is 0.0186. The van der Waals surface area contributed by atoms with E-state index in [1.165, 1.54) is 11.1 Å². The average molecular weight is 313 g/mol. The fourth-order valence-corrected chi connectivity index (χ4v) is 2.59. The number of nitrogens with zero attached hydrogens (tertiary/aromatic N) is 3. The standard InChI is InChI=1S/C13H19N3O4S/c1-8-9-6-14-11(21(5,18)19)15-10(9)7-16(8)12(17)20-13(2,3)4/h6,8H,7H2,1-5H3. The first-order valence-corrected chi connectivity index (χ1v) is 8.43. The normalized spacial score (nSPS) is 18.5. The summed E-state index contributed by atoms with van der Waals surface area (Å²) in [5.41, 5.74) is 0.701. The van der Waals surface area contributed by atoms with Crippen LogP contribution >= 0.6 is 0 Å². The van der Waals surface area contributed by atoms with Gasteiger partial charge in [0.05, 0.1) is 18.3 Å². The average Bonchev–Trinajstić information content (AvgIpc) is 2.63. The quantitative estimate of drug-likeness (QED) is 0.733. The van der Waals surface area contributed by atoms with E-state index in [1.54, 1.807) is 20.8 Å². The first-order valence-electron chi connectivity index (χ1n) is 6.54. The number of sulfone groups is 1. The van der Waals surface area contributed by atoms with Crippen molar-refractivity contribution in [2.45, 2.75) is 51.0 Å². The lowest BCUT2D eigenvalue weighted by Crippen LogP contribution is -2.35. The van der Waals surface area contributed by atoms with Crippen molar-refractivity contribution in [1.29, 1.82) is 0 Å². The maximum atomic E-state index is 12.2. The number of hydrogen-bond donors (Lipinski definition) is 0. The Bertz CT molecular complexity index is 679. The zero-order valence-corrected chi connectivity index (χ0v) is 13.6. The lowest BCUT2D eigenvalue weighted by Gasteiger charge is -2.26. The molecule has 116 valence electrons. The van der Waals surface area contributed by atoms with Crippen molar-refractivity contribution in [1.82, 2.24) is 14.9 Å². The fourth-order valence-electron chi connectivity index (χ4n) is 2.07. The predicted molar refractivity (Wildman–Crippen MR) is 75.3 cm³/mol. The summed E-state index contributed by atoms with van der Waals surface area (Å²) in [5, 5.41) is -0.223. The van der Waals surface area contributed by atoms with Crippen LogP contribution in [0.25, 0.3) is 0 Å². The van der Waals surface area contributed by atoms with Gasteiger partial charge in [-0.3, -0.25) is 4.90 Å². The van der Waals surface area contributed by atoms with Crippen LogP contribution in [-0.4, -0.2) is 41.2 Å². The maximum Gasteiger partial charge on any atom is 0.411 e. The second-order valence-electron chi connectivity index (χ2n) is 6.11. The highest BCUT2D eigenvalue weighted by molar-refractivity contribution is 7.90. The van der Waals surface area contributed by atoms with E-state index in [-0.39, 0.29) is 17.7 Å². The summed E-state index contributed by atoms with van der Waals surface area (Å²) in [4.78, 5) is 21.6. The molecule has 0 aromatic carbocycles. The van der Waals surface area contributed by atoms with Gasteiger partial charge in [0, 0.05) is 18.0 Å². The van der Waals surface area contributed by atoms with Crippen molar-refractivity contribution in [2.24, 2.45) is 0 Å². The molecule has 1 aromatic heterocycles. The van der Waals surface area contributed by atoms with Gasteiger partial charge < -0.3 is 4.74 Å². The van der Waals surface area contributed by atoms with Crippen LogP contribution < -0.4 is 0 Å². The van der Waals surface area contributed by atoms with Crippen LogP contribution in [0.2, 0.25) is 0 Å². The summed E-state index contributed by atoms with van der Waals surface area (Å²) < 4.78 is 28.3. The second-order valence-corrected chi connectivity index (χ2v) is 8.02. The Morgan fingerprint density at radius 2 is 2.05 bits per heavy atom. The van der Waals surface area contributed by atoms with E-state index in [0.29, 0.717) is 5.69 Å². The molecule has 0 aliphatic carbocycles. The van der Waals surface area contributed by atoms with Gasteiger partial charge in [-0.2, -0.15) is 0 Å². The summed E-state index contributed by atoms with van der Waals surface area (Å²) in [6.07, 6.45) is 2.07. The highest BCUT2D eigenvalue weighted by Gasteiger charge is 2.35. The maximum absolute atomic E-state index is 12.2. The first-order chi connectivity index (χ1) is 9.49. The molecule has 21 heavy (non-hydrogen) atoms. The molecule has 0 saturated heterocycles. The van der Waals surface area contributed by atoms with Crippen molar-refractivity contribution in [3.05, 3.63) is 17.5 Å². The number of carbonyl (C=O) groups excluding carboxylic acids is 1. The number of fused-ring (bicyclic) bond motifs is 1. The summed E-state index contributed by atoms with van der Waals surface area (Å²) in [6, 6.07) is -0.247. The topological polar surface area (TPSA) is 89.5 Å². The minimum absolute atomic E-state index is 0.219. The van der Waals surface area contributed by atoms with Gasteiger partial charge in [-0.15, -0.1) is 0 Å². The number of ether oxygens (including phenoxy) is 1. The van der Waals surface area contributed by atoms with Crippen LogP contribution in [0.1, 0.15) is 45.0 Å². The molecule has 0 spiro atoms. The van der Waals surface area contributed by atoms with Crippen molar-refractivity contribution in [3.63, 3.8) is 0 Å². The largest absolute Gasteiger partial charge is 0.444 e. The lowest BCUT2D eigenvalue weighted by atomic mass is 10.2. The Hall–Kier alpha value is -1.70. The van der Waals surface area contributed by atoms with E-state index in [9.17, 15) is 13.2 Å². The molecule has 0 fully saturated rings. The van der Waals surface area contributed by atoms with Crippen molar-refractivity contribution in [2.75, 3.05) is 6.26 Å². The van der Waals surface area contributed by atoms with E-state index in [2.05, 4.69) is 9.97 Å².